The van der Waals surface area contributed by atoms with Gasteiger partial charge in [-0.05, 0) is 55.8 Å². The lowest BCUT2D eigenvalue weighted by Gasteiger charge is -2.19. The molecule has 0 radical (unpaired) electrons. The third-order valence-electron chi connectivity index (χ3n) is 3.34. The molecule has 0 spiro atoms. The van der Waals surface area contributed by atoms with E-state index in [-0.39, 0.29) is 11.9 Å². The molecule has 1 unspecified atom stereocenters. The van der Waals surface area contributed by atoms with E-state index in [1.54, 1.807) is 12.1 Å². The van der Waals surface area contributed by atoms with Crippen molar-refractivity contribution in [1.29, 1.82) is 0 Å². The predicted octanol–water partition coefficient (Wildman–Crippen LogP) is 4.49. The van der Waals surface area contributed by atoms with Gasteiger partial charge in [0.05, 0.1) is 6.61 Å². The minimum Gasteiger partial charge on any atom is -0.494 e. The maximum atomic E-state index is 13.3. The van der Waals surface area contributed by atoms with Gasteiger partial charge in [0, 0.05) is 10.5 Å². The minimum atomic E-state index is -0.201. The molecular formula is C17H19BrFNO. The van der Waals surface area contributed by atoms with Crippen LogP contribution in [-0.2, 0) is 6.42 Å². The molecule has 112 valence electrons. The molecule has 0 bridgehead atoms. The van der Waals surface area contributed by atoms with E-state index in [0.717, 1.165) is 27.8 Å². The van der Waals surface area contributed by atoms with Crippen molar-refractivity contribution in [3.8, 4) is 5.75 Å². The molecule has 0 heterocycles. The normalized spacial score (nSPS) is 12.2. The fourth-order valence-corrected chi connectivity index (χ4v) is 2.95. The number of likely N-dealkylation sites (N-methyl/N-ethyl adjacent to an activating group) is 1. The van der Waals surface area contributed by atoms with E-state index in [1.165, 1.54) is 6.07 Å². The van der Waals surface area contributed by atoms with E-state index >= 15 is 0 Å². The van der Waals surface area contributed by atoms with Gasteiger partial charge in [-0.1, -0.05) is 34.1 Å². The summed E-state index contributed by atoms with van der Waals surface area (Å²) in [4.78, 5) is 0. The van der Waals surface area contributed by atoms with Crippen LogP contribution in [-0.4, -0.2) is 13.7 Å². The van der Waals surface area contributed by atoms with E-state index in [9.17, 15) is 4.39 Å². The van der Waals surface area contributed by atoms with Crippen LogP contribution < -0.4 is 10.1 Å². The van der Waals surface area contributed by atoms with E-state index in [1.807, 2.05) is 38.2 Å². The first-order chi connectivity index (χ1) is 10.1. The third-order valence-corrected chi connectivity index (χ3v) is 4.02. The first-order valence-electron chi connectivity index (χ1n) is 6.98. The first-order valence-corrected chi connectivity index (χ1v) is 7.77. The van der Waals surface area contributed by atoms with Crippen LogP contribution in [0.5, 0.6) is 5.75 Å². The Morgan fingerprint density at radius 2 is 2.05 bits per heavy atom. The van der Waals surface area contributed by atoms with Crippen molar-refractivity contribution in [3.63, 3.8) is 0 Å². The van der Waals surface area contributed by atoms with Crippen LogP contribution >= 0.6 is 15.9 Å². The summed E-state index contributed by atoms with van der Waals surface area (Å²) in [5.41, 5.74) is 2.10. The van der Waals surface area contributed by atoms with Gasteiger partial charge in [-0.2, -0.15) is 0 Å². The lowest BCUT2D eigenvalue weighted by atomic mass is 9.99. The quantitative estimate of drug-likeness (QED) is 0.827. The predicted molar refractivity (Wildman–Crippen MR) is 87.2 cm³/mol. The van der Waals surface area contributed by atoms with Gasteiger partial charge in [-0.15, -0.1) is 0 Å². The SMILES string of the molecule is CCOc1ccc(C(Cc2cccc(F)c2)NC)c(Br)c1. The van der Waals surface area contributed by atoms with Crippen LogP contribution in [0.2, 0.25) is 0 Å². The molecule has 2 rings (SSSR count). The van der Waals surface area contributed by atoms with Gasteiger partial charge in [0.2, 0.25) is 0 Å². The van der Waals surface area contributed by atoms with Gasteiger partial charge >= 0.3 is 0 Å². The van der Waals surface area contributed by atoms with Crippen molar-refractivity contribution in [2.75, 3.05) is 13.7 Å². The molecule has 21 heavy (non-hydrogen) atoms. The molecular weight excluding hydrogens is 333 g/mol. The maximum Gasteiger partial charge on any atom is 0.123 e. The molecule has 0 amide bonds. The van der Waals surface area contributed by atoms with Gasteiger partial charge in [-0.25, -0.2) is 4.39 Å². The fourth-order valence-electron chi connectivity index (χ4n) is 2.31. The highest BCUT2D eigenvalue weighted by Gasteiger charge is 2.14. The molecule has 4 heteroatoms. The lowest BCUT2D eigenvalue weighted by molar-refractivity contribution is 0.340. The fraction of sp³-hybridized carbons (Fsp3) is 0.294. The summed E-state index contributed by atoms with van der Waals surface area (Å²) in [5, 5.41) is 3.29. The Balaban J connectivity index is 2.21. The number of rotatable bonds is 6. The van der Waals surface area contributed by atoms with Gasteiger partial charge in [-0.3, -0.25) is 0 Å². The second-order valence-corrected chi connectivity index (χ2v) is 5.65. The molecule has 0 fully saturated rings. The molecule has 2 aromatic rings. The summed E-state index contributed by atoms with van der Waals surface area (Å²) in [6.07, 6.45) is 0.723. The number of hydrogen-bond donors (Lipinski definition) is 1. The highest BCUT2D eigenvalue weighted by atomic mass is 79.9. The molecule has 0 aromatic heterocycles. The number of halogens is 2. The average molecular weight is 352 g/mol. The van der Waals surface area contributed by atoms with Gasteiger partial charge < -0.3 is 10.1 Å². The summed E-state index contributed by atoms with van der Waals surface area (Å²) in [7, 11) is 1.91. The van der Waals surface area contributed by atoms with Crippen molar-refractivity contribution in [2.45, 2.75) is 19.4 Å². The largest absolute Gasteiger partial charge is 0.494 e. The van der Waals surface area contributed by atoms with E-state index in [2.05, 4.69) is 21.2 Å². The Morgan fingerprint density at radius 1 is 1.24 bits per heavy atom. The van der Waals surface area contributed by atoms with Crippen molar-refractivity contribution >= 4 is 15.9 Å². The molecule has 0 aliphatic carbocycles. The average Bonchev–Trinajstić information content (AvgIpc) is 2.46. The van der Waals surface area contributed by atoms with Gasteiger partial charge in [0.15, 0.2) is 0 Å². The standard InChI is InChI=1S/C17H19BrFNO/c1-3-21-14-7-8-15(16(18)11-14)17(20-2)10-12-5-4-6-13(19)9-12/h4-9,11,17,20H,3,10H2,1-2H3. The molecule has 2 nitrogen and oxygen atoms in total. The number of benzene rings is 2. The minimum absolute atomic E-state index is 0.108. The van der Waals surface area contributed by atoms with Crippen molar-refractivity contribution in [3.05, 3.63) is 63.9 Å². The van der Waals surface area contributed by atoms with Crippen LogP contribution in [0, 0.1) is 5.82 Å². The molecule has 0 saturated carbocycles. The van der Waals surface area contributed by atoms with Crippen LogP contribution in [0.1, 0.15) is 24.1 Å². The maximum absolute atomic E-state index is 13.3. The Kier molecular flexibility index (Phi) is 5.76. The Morgan fingerprint density at radius 3 is 2.67 bits per heavy atom. The van der Waals surface area contributed by atoms with Crippen molar-refractivity contribution in [2.24, 2.45) is 0 Å². The Hall–Kier alpha value is -1.39. The monoisotopic (exact) mass is 351 g/mol. The molecule has 0 aliphatic rings. The van der Waals surface area contributed by atoms with Crippen LogP contribution in [0.25, 0.3) is 0 Å². The molecule has 2 aromatic carbocycles. The van der Waals surface area contributed by atoms with E-state index in [4.69, 9.17) is 4.74 Å². The number of nitrogens with one attached hydrogen (secondary N) is 1. The Labute approximate surface area is 133 Å². The highest BCUT2D eigenvalue weighted by Crippen LogP contribution is 2.29. The van der Waals surface area contributed by atoms with Crippen molar-refractivity contribution < 1.29 is 9.13 Å². The Bertz CT molecular complexity index is 603. The summed E-state index contributed by atoms with van der Waals surface area (Å²) in [6.45, 7) is 2.60. The van der Waals surface area contributed by atoms with Crippen LogP contribution in [0.3, 0.4) is 0 Å². The van der Waals surface area contributed by atoms with E-state index < -0.39 is 0 Å². The summed E-state index contributed by atoms with van der Waals surface area (Å²) >= 11 is 3.59. The van der Waals surface area contributed by atoms with Gasteiger partial charge in [0.1, 0.15) is 11.6 Å². The summed E-state index contributed by atoms with van der Waals surface area (Å²) < 4.78 is 19.8. The van der Waals surface area contributed by atoms with Gasteiger partial charge in [0.25, 0.3) is 0 Å². The smallest absolute Gasteiger partial charge is 0.123 e. The zero-order valence-corrected chi connectivity index (χ0v) is 13.8. The first kappa shape index (κ1) is 16.0. The molecule has 0 aliphatic heterocycles. The van der Waals surface area contributed by atoms with E-state index in [0.29, 0.717) is 6.61 Å². The second kappa shape index (κ2) is 7.57. The molecule has 1 atom stereocenters. The highest BCUT2D eigenvalue weighted by molar-refractivity contribution is 9.10. The summed E-state index contributed by atoms with van der Waals surface area (Å²) in [6, 6.07) is 12.8. The lowest BCUT2D eigenvalue weighted by Crippen LogP contribution is -2.19. The summed E-state index contributed by atoms with van der Waals surface area (Å²) in [5.74, 6) is 0.641. The van der Waals surface area contributed by atoms with Crippen LogP contribution in [0.15, 0.2) is 46.9 Å². The van der Waals surface area contributed by atoms with Crippen molar-refractivity contribution in [1.82, 2.24) is 5.32 Å². The molecule has 0 saturated heterocycles. The van der Waals surface area contributed by atoms with Crippen LogP contribution in [0.4, 0.5) is 4.39 Å². The number of hydrogen-bond acceptors (Lipinski definition) is 2. The third kappa shape index (κ3) is 4.29. The number of ether oxygens (including phenoxy) is 1. The second-order valence-electron chi connectivity index (χ2n) is 4.79. The zero-order chi connectivity index (χ0) is 15.2. The molecule has 1 N–H and O–H groups in total. The zero-order valence-electron chi connectivity index (χ0n) is 12.2. The topological polar surface area (TPSA) is 21.3 Å².